The second kappa shape index (κ2) is 6.75. The summed E-state index contributed by atoms with van der Waals surface area (Å²) in [6, 6.07) is 6.65. The van der Waals surface area contributed by atoms with E-state index < -0.39 is 0 Å². The summed E-state index contributed by atoms with van der Waals surface area (Å²) in [6.07, 6.45) is 3.53. The first-order valence-electron chi connectivity index (χ1n) is 7.40. The molecule has 1 aliphatic carbocycles. The predicted molar refractivity (Wildman–Crippen MR) is 79.7 cm³/mol. The second-order valence-electron chi connectivity index (χ2n) is 5.48. The van der Waals surface area contributed by atoms with Crippen LogP contribution >= 0.6 is 0 Å². The van der Waals surface area contributed by atoms with Crippen molar-refractivity contribution in [1.82, 2.24) is 5.32 Å². The fourth-order valence-corrected chi connectivity index (χ4v) is 2.63. The van der Waals surface area contributed by atoms with Gasteiger partial charge in [0.25, 0.3) is 0 Å². The van der Waals surface area contributed by atoms with Crippen LogP contribution in [-0.2, 0) is 11.2 Å². The van der Waals surface area contributed by atoms with Gasteiger partial charge in [-0.15, -0.1) is 0 Å². The van der Waals surface area contributed by atoms with E-state index in [1.54, 1.807) is 6.92 Å². The molecule has 0 radical (unpaired) electrons. The lowest BCUT2D eigenvalue weighted by Gasteiger charge is -2.26. The number of carbonyl (C=O) groups is 1. The zero-order chi connectivity index (χ0) is 14.5. The SMILES string of the molecule is CCNC1CCCc2ccc(OCC(C)C(N)=O)cc21. The smallest absolute Gasteiger partial charge is 0.223 e. The lowest BCUT2D eigenvalue weighted by Crippen LogP contribution is -2.26. The zero-order valence-corrected chi connectivity index (χ0v) is 12.3. The van der Waals surface area contributed by atoms with Crippen molar-refractivity contribution in [2.75, 3.05) is 13.2 Å². The number of hydrogen-bond donors (Lipinski definition) is 2. The van der Waals surface area contributed by atoms with Crippen LogP contribution in [0.4, 0.5) is 0 Å². The Hall–Kier alpha value is -1.55. The Morgan fingerprint density at radius 3 is 3.05 bits per heavy atom. The molecule has 1 aromatic rings. The van der Waals surface area contributed by atoms with E-state index in [0.29, 0.717) is 12.6 Å². The fraction of sp³-hybridized carbons (Fsp3) is 0.562. The Morgan fingerprint density at radius 1 is 1.55 bits per heavy atom. The lowest BCUT2D eigenvalue weighted by atomic mass is 9.87. The van der Waals surface area contributed by atoms with E-state index in [9.17, 15) is 4.79 Å². The molecule has 3 N–H and O–H groups in total. The highest BCUT2D eigenvalue weighted by molar-refractivity contribution is 5.76. The van der Waals surface area contributed by atoms with Gasteiger partial charge in [-0.1, -0.05) is 19.9 Å². The molecular formula is C16H24N2O2. The molecule has 110 valence electrons. The molecule has 2 unspecified atom stereocenters. The van der Waals surface area contributed by atoms with Gasteiger partial charge in [-0.05, 0) is 49.1 Å². The van der Waals surface area contributed by atoms with Crippen LogP contribution in [0.2, 0.25) is 0 Å². The van der Waals surface area contributed by atoms with Gasteiger partial charge in [-0.25, -0.2) is 0 Å². The molecule has 0 aromatic heterocycles. The van der Waals surface area contributed by atoms with Crippen molar-refractivity contribution in [2.45, 2.75) is 39.2 Å². The molecule has 4 heteroatoms. The van der Waals surface area contributed by atoms with Gasteiger partial charge in [0.05, 0.1) is 12.5 Å². The highest BCUT2D eigenvalue weighted by Gasteiger charge is 2.20. The number of rotatable bonds is 6. The average molecular weight is 276 g/mol. The fourth-order valence-electron chi connectivity index (χ4n) is 2.63. The summed E-state index contributed by atoms with van der Waals surface area (Å²) < 4.78 is 5.69. The summed E-state index contributed by atoms with van der Waals surface area (Å²) in [5.74, 6) is 0.228. The molecule has 1 aromatic carbocycles. The van der Waals surface area contributed by atoms with Gasteiger partial charge in [0.2, 0.25) is 5.91 Å². The molecule has 0 spiro atoms. The molecule has 20 heavy (non-hydrogen) atoms. The van der Waals surface area contributed by atoms with Gasteiger partial charge >= 0.3 is 0 Å². The van der Waals surface area contributed by atoms with E-state index in [2.05, 4.69) is 24.4 Å². The van der Waals surface area contributed by atoms with E-state index in [0.717, 1.165) is 18.7 Å². The first kappa shape index (κ1) is 14.9. The third kappa shape index (κ3) is 3.51. The van der Waals surface area contributed by atoms with E-state index in [-0.39, 0.29) is 11.8 Å². The minimum Gasteiger partial charge on any atom is -0.493 e. The summed E-state index contributed by atoms with van der Waals surface area (Å²) in [7, 11) is 0. The Bertz CT molecular complexity index is 474. The summed E-state index contributed by atoms with van der Waals surface area (Å²) in [4.78, 5) is 11.0. The minimum absolute atomic E-state index is 0.268. The molecule has 1 amide bonds. The maximum atomic E-state index is 11.0. The molecule has 0 aliphatic heterocycles. The van der Waals surface area contributed by atoms with Crippen LogP contribution in [0, 0.1) is 5.92 Å². The number of amides is 1. The van der Waals surface area contributed by atoms with Gasteiger partial charge in [0.1, 0.15) is 5.75 Å². The van der Waals surface area contributed by atoms with E-state index in [1.807, 2.05) is 6.07 Å². The highest BCUT2D eigenvalue weighted by Crippen LogP contribution is 2.32. The minimum atomic E-state index is -0.325. The molecule has 0 heterocycles. The third-order valence-electron chi connectivity index (χ3n) is 3.87. The topological polar surface area (TPSA) is 64.3 Å². The van der Waals surface area contributed by atoms with Gasteiger partial charge in [-0.3, -0.25) is 4.79 Å². The molecule has 4 nitrogen and oxygen atoms in total. The van der Waals surface area contributed by atoms with Gasteiger partial charge in [0.15, 0.2) is 0 Å². The van der Waals surface area contributed by atoms with Crippen molar-refractivity contribution in [2.24, 2.45) is 11.7 Å². The van der Waals surface area contributed by atoms with Crippen molar-refractivity contribution < 1.29 is 9.53 Å². The van der Waals surface area contributed by atoms with E-state index >= 15 is 0 Å². The molecular weight excluding hydrogens is 252 g/mol. The van der Waals surface area contributed by atoms with Crippen molar-refractivity contribution in [3.8, 4) is 5.75 Å². The Kier molecular flexibility index (Phi) is 5.01. The molecule has 2 rings (SSSR count). The highest BCUT2D eigenvalue weighted by atomic mass is 16.5. The van der Waals surface area contributed by atoms with E-state index in [4.69, 9.17) is 10.5 Å². The number of carbonyl (C=O) groups excluding carboxylic acids is 1. The molecule has 1 aliphatic rings. The quantitative estimate of drug-likeness (QED) is 0.837. The van der Waals surface area contributed by atoms with Crippen molar-refractivity contribution in [3.63, 3.8) is 0 Å². The largest absolute Gasteiger partial charge is 0.493 e. The van der Waals surface area contributed by atoms with Crippen LogP contribution in [0.5, 0.6) is 5.75 Å². The zero-order valence-electron chi connectivity index (χ0n) is 12.3. The van der Waals surface area contributed by atoms with Gasteiger partial charge in [0, 0.05) is 6.04 Å². The number of nitrogens with two attached hydrogens (primary N) is 1. The maximum absolute atomic E-state index is 11.0. The molecule has 0 fully saturated rings. The van der Waals surface area contributed by atoms with Crippen LogP contribution in [0.25, 0.3) is 0 Å². The number of ether oxygens (including phenoxy) is 1. The van der Waals surface area contributed by atoms with Gasteiger partial charge in [-0.2, -0.15) is 0 Å². The summed E-state index contributed by atoms with van der Waals surface area (Å²) in [6.45, 7) is 5.21. The van der Waals surface area contributed by atoms with Crippen molar-refractivity contribution >= 4 is 5.91 Å². The summed E-state index contributed by atoms with van der Waals surface area (Å²) in [5, 5.41) is 3.52. The van der Waals surface area contributed by atoms with Crippen LogP contribution < -0.4 is 15.8 Å². The van der Waals surface area contributed by atoms with Crippen LogP contribution in [0.15, 0.2) is 18.2 Å². The lowest BCUT2D eigenvalue weighted by molar-refractivity contribution is -0.122. The standard InChI is InChI=1S/C16H24N2O2/c1-3-18-15-6-4-5-12-7-8-13(9-14(12)15)20-10-11(2)16(17)19/h7-9,11,15,18H,3-6,10H2,1-2H3,(H2,17,19). The van der Waals surface area contributed by atoms with E-state index in [1.165, 1.54) is 24.0 Å². The van der Waals surface area contributed by atoms with Crippen molar-refractivity contribution in [1.29, 1.82) is 0 Å². The first-order valence-corrected chi connectivity index (χ1v) is 7.40. The number of nitrogens with one attached hydrogen (secondary N) is 1. The molecule has 0 saturated heterocycles. The Labute approximate surface area is 120 Å². The second-order valence-corrected chi connectivity index (χ2v) is 5.48. The van der Waals surface area contributed by atoms with Crippen LogP contribution in [0.1, 0.15) is 43.9 Å². The number of aryl methyl sites for hydroxylation is 1. The van der Waals surface area contributed by atoms with Gasteiger partial charge < -0.3 is 15.8 Å². The predicted octanol–water partition coefficient (Wildman–Crippen LogP) is 2.17. The maximum Gasteiger partial charge on any atom is 0.223 e. The summed E-state index contributed by atoms with van der Waals surface area (Å²) in [5.41, 5.74) is 7.98. The monoisotopic (exact) mass is 276 g/mol. The Balaban J connectivity index is 2.09. The summed E-state index contributed by atoms with van der Waals surface area (Å²) >= 11 is 0. The van der Waals surface area contributed by atoms with Crippen molar-refractivity contribution in [3.05, 3.63) is 29.3 Å². The normalized spacial score (nSPS) is 19.2. The molecule has 0 bridgehead atoms. The first-order chi connectivity index (χ1) is 9.61. The average Bonchev–Trinajstić information content (AvgIpc) is 2.45. The number of hydrogen-bond acceptors (Lipinski definition) is 3. The number of benzene rings is 1. The molecule has 2 atom stereocenters. The number of fused-ring (bicyclic) bond motifs is 1. The molecule has 0 saturated carbocycles. The number of primary amides is 1. The van der Waals surface area contributed by atoms with Crippen LogP contribution in [-0.4, -0.2) is 19.1 Å². The third-order valence-corrected chi connectivity index (χ3v) is 3.87. The van der Waals surface area contributed by atoms with Crippen LogP contribution in [0.3, 0.4) is 0 Å². The Morgan fingerprint density at radius 2 is 2.35 bits per heavy atom.